The third-order valence-electron chi connectivity index (χ3n) is 9.92. The zero-order chi connectivity index (χ0) is 29.3. The largest absolute Gasteiger partial charge is 0.393 e. The van der Waals surface area contributed by atoms with Crippen molar-refractivity contribution in [3.8, 4) is 0 Å². The van der Waals surface area contributed by atoms with Gasteiger partial charge in [-0.25, -0.2) is 0 Å². The van der Waals surface area contributed by atoms with Gasteiger partial charge < -0.3 is 15.3 Å². The normalized spacial score (nSPS) is 37.8. The van der Waals surface area contributed by atoms with Crippen LogP contribution >= 0.6 is 0 Å². The number of rotatable bonds is 3. The maximum Gasteiger partial charge on any atom is 0.190 e. The number of allylic oxidation sites excluding steroid dienone is 3. The van der Waals surface area contributed by atoms with Crippen molar-refractivity contribution in [2.45, 2.75) is 83.8 Å². The number of benzene rings is 1. The quantitative estimate of drug-likeness (QED) is 0.319. The lowest BCUT2D eigenvalue weighted by atomic mass is 9.44. The molecule has 5 nitrogen and oxygen atoms in total. The van der Waals surface area contributed by atoms with Crippen LogP contribution in [0.25, 0.3) is 0 Å². The van der Waals surface area contributed by atoms with E-state index in [-0.39, 0.29) is 41.5 Å². The van der Waals surface area contributed by atoms with Gasteiger partial charge in [0.05, 0.1) is 6.10 Å². The van der Waals surface area contributed by atoms with E-state index < -0.39 is 23.4 Å². The number of hydrogen-bond acceptors (Lipinski definition) is 5. The summed E-state index contributed by atoms with van der Waals surface area (Å²) in [5, 5.41) is 30.6. The van der Waals surface area contributed by atoms with Crippen LogP contribution in [0.1, 0.15) is 72.1 Å². The second-order valence-corrected chi connectivity index (χ2v) is 12.0. The van der Waals surface area contributed by atoms with E-state index in [0.717, 1.165) is 38.5 Å². The average Bonchev–Trinajstić information content (AvgIpc) is 3.21. The Bertz CT molecular complexity index is 940. The van der Waals surface area contributed by atoms with Crippen molar-refractivity contribution in [3.05, 3.63) is 74.4 Å². The van der Waals surface area contributed by atoms with Gasteiger partial charge in [-0.2, -0.15) is 0 Å². The van der Waals surface area contributed by atoms with Crippen LogP contribution in [0.15, 0.2) is 74.4 Å². The standard InChI is InChI=1S/C21H32O5.C6H6.C4H6.C3H6/c1-19-7-5-13(23)9-12(19)3-4-14-15-6-8-21(26,17(25)11-22)20(15,2)10-16(24)18(14)19;1-2-4-6-5-3-1;1-3-4-2;1-3-2/h12-15,18,22-23,26H,3-11H2,1-2H3;1-6H;3-4H,1-2H2;3H,1H2,2H3/t12-,13-,14+,15+,18-,19+,20+,21+;;;/m1.../s1. The molecular formula is C34H50O5. The van der Waals surface area contributed by atoms with Gasteiger partial charge in [0.2, 0.25) is 0 Å². The fraction of sp³-hybridized carbons (Fsp3) is 0.588. The molecule has 4 aliphatic carbocycles. The first-order valence-corrected chi connectivity index (χ1v) is 14.4. The van der Waals surface area contributed by atoms with E-state index in [2.05, 4.69) is 26.7 Å². The number of carbonyl (C=O) groups is 2. The van der Waals surface area contributed by atoms with Crippen molar-refractivity contribution in [2.24, 2.45) is 34.5 Å². The molecule has 8 atom stereocenters. The molecule has 0 unspecified atom stereocenters. The number of fused-ring (bicyclic) bond motifs is 5. The summed E-state index contributed by atoms with van der Waals surface area (Å²) in [6.07, 6.45) is 10.5. The number of Topliss-reactive ketones (excluding diaryl/α,β-unsaturated/α-hetero) is 2. The van der Waals surface area contributed by atoms with Gasteiger partial charge in [0.15, 0.2) is 5.78 Å². The first-order chi connectivity index (χ1) is 18.5. The first kappa shape index (κ1) is 32.9. The minimum Gasteiger partial charge on any atom is -0.393 e. The summed E-state index contributed by atoms with van der Waals surface area (Å²) in [6.45, 7) is 15.4. The molecule has 4 fully saturated rings. The summed E-state index contributed by atoms with van der Waals surface area (Å²) in [7, 11) is 0. The maximum atomic E-state index is 13.4. The highest BCUT2D eigenvalue weighted by Crippen LogP contribution is 2.67. The molecule has 4 aliphatic rings. The fourth-order valence-electron chi connectivity index (χ4n) is 8.03. The van der Waals surface area contributed by atoms with Crippen molar-refractivity contribution in [3.63, 3.8) is 0 Å². The van der Waals surface area contributed by atoms with Crippen LogP contribution in [-0.4, -0.2) is 45.2 Å². The third-order valence-corrected chi connectivity index (χ3v) is 9.92. The SMILES string of the molecule is C=CC.C=CC=C.C[C@]12CC[C@@H](O)C[C@H]1CC[C@@H]1[C@@H]2C(=O)C[C@@]2(C)[C@H]1CC[C@]2(O)C(=O)CO.c1ccccc1. The average molecular weight is 539 g/mol. The van der Waals surface area contributed by atoms with Crippen LogP contribution in [0.3, 0.4) is 0 Å². The molecule has 0 radical (unpaired) electrons. The summed E-state index contributed by atoms with van der Waals surface area (Å²) >= 11 is 0. The molecule has 4 saturated carbocycles. The summed E-state index contributed by atoms with van der Waals surface area (Å²) in [5.41, 5.74) is -2.40. The Hall–Kier alpha value is -2.34. The van der Waals surface area contributed by atoms with Crippen LogP contribution in [0.2, 0.25) is 0 Å². The molecular weight excluding hydrogens is 488 g/mol. The predicted molar refractivity (Wildman–Crippen MR) is 158 cm³/mol. The zero-order valence-corrected chi connectivity index (χ0v) is 24.2. The van der Waals surface area contributed by atoms with Crippen molar-refractivity contribution in [1.82, 2.24) is 0 Å². The smallest absolute Gasteiger partial charge is 0.190 e. The Morgan fingerprint density at radius 2 is 1.51 bits per heavy atom. The molecule has 5 rings (SSSR count). The topological polar surface area (TPSA) is 94.8 Å². The van der Waals surface area contributed by atoms with E-state index in [1.54, 1.807) is 18.2 Å². The molecule has 1 aromatic rings. The lowest BCUT2D eigenvalue weighted by Crippen LogP contribution is -2.62. The second-order valence-electron chi connectivity index (χ2n) is 12.0. The van der Waals surface area contributed by atoms with Gasteiger partial charge in [0.1, 0.15) is 18.0 Å². The van der Waals surface area contributed by atoms with Crippen LogP contribution in [0.4, 0.5) is 0 Å². The minimum atomic E-state index is -1.58. The highest BCUT2D eigenvalue weighted by molar-refractivity contribution is 5.92. The Kier molecular flexibility index (Phi) is 12.1. The van der Waals surface area contributed by atoms with Crippen LogP contribution in [0.5, 0.6) is 0 Å². The molecule has 0 bridgehead atoms. The molecule has 0 heterocycles. The van der Waals surface area contributed by atoms with Crippen molar-refractivity contribution in [1.29, 1.82) is 0 Å². The molecule has 0 saturated heterocycles. The molecule has 216 valence electrons. The van der Waals surface area contributed by atoms with E-state index in [0.29, 0.717) is 12.3 Å². The van der Waals surface area contributed by atoms with Crippen LogP contribution in [0, 0.1) is 34.5 Å². The number of hydrogen-bond donors (Lipinski definition) is 3. The van der Waals surface area contributed by atoms with E-state index in [4.69, 9.17) is 0 Å². The van der Waals surface area contributed by atoms with Gasteiger partial charge in [0.25, 0.3) is 0 Å². The van der Waals surface area contributed by atoms with Gasteiger partial charge in [-0.3, -0.25) is 9.59 Å². The summed E-state index contributed by atoms with van der Waals surface area (Å²) < 4.78 is 0. The number of ketones is 2. The molecule has 0 aliphatic heterocycles. The Balaban J connectivity index is 0.000000341. The minimum absolute atomic E-state index is 0.0154. The number of carbonyl (C=O) groups excluding carboxylic acids is 2. The molecule has 3 N–H and O–H groups in total. The molecule has 0 amide bonds. The maximum absolute atomic E-state index is 13.4. The molecule has 0 aromatic heterocycles. The Morgan fingerprint density at radius 1 is 0.974 bits per heavy atom. The highest BCUT2D eigenvalue weighted by Gasteiger charge is 2.68. The fourth-order valence-corrected chi connectivity index (χ4v) is 8.03. The Morgan fingerprint density at radius 3 is 2.00 bits per heavy atom. The van der Waals surface area contributed by atoms with Gasteiger partial charge >= 0.3 is 0 Å². The molecule has 39 heavy (non-hydrogen) atoms. The summed E-state index contributed by atoms with van der Waals surface area (Å²) in [6, 6.07) is 12.0. The van der Waals surface area contributed by atoms with E-state index in [1.165, 1.54) is 0 Å². The lowest BCUT2D eigenvalue weighted by Gasteiger charge is -2.60. The van der Waals surface area contributed by atoms with Gasteiger partial charge in [0, 0.05) is 17.8 Å². The molecule has 1 aromatic carbocycles. The van der Waals surface area contributed by atoms with Gasteiger partial charge in [-0.05, 0) is 75.0 Å². The molecule has 0 spiro atoms. The van der Waals surface area contributed by atoms with Gasteiger partial charge in [-0.1, -0.05) is 81.6 Å². The van der Waals surface area contributed by atoms with E-state index in [1.807, 2.05) is 50.2 Å². The zero-order valence-electron chi connectivity index (χ0n) is 24.2. The first-order valence-electron chi connectivity index (χ1n) is 14.4. The molecule has 5 heteroatoms. The Labute approximate surface area is 235 Å². The van der Waals surface area contributed by atoms with Gasteiger partial charge in [-0.15, -0.1) is 6.58 Å². The second kappa shape index (κ2) is 14.3. The van der Waals surface area contributed by atoms with E-state index >= 15 is 0 Å². The lowest BCUT2D eigenvalue weighted by molar-refractivity contribution is -0.180. The number of aliphatic hydroxyl groups excluding tert-OH is 2. The van der Waals surface area contributed by atoms with E-state index in [9.17, 15) is 24.9 Å². The van der Waals surface area contributed by atoms with Crippen LogP contribution < -0.4 is 0 Å². The van der Waals surface area contributed by atoms with Crippen molar-refractivity contribution >= 4 is 11.6 Å². The summed E-state index contributed by atoms with van der Waals surface area (Å²) in [5.74, 6) is 0.380. The summed E-state index contributed by atoms with van der Waals surface area (Å²) in [4.78, 5) is 25.7. The monoisotopic (exact) mass is 538 g/mol. The third kappa shape index (κ3) is 6.70. The number of aliphatic hydroxyl groups is 3. The van der Waals surface area contributed by atoms with Crippen molar-refractivity contribution < 1.29 is 24.9 Å². The predicted octanol–water partition coefficient (Wildman–Crippen LogP) is 6.10. The highest BCUT2D eigenvalue weighted by atomic mass is 16.3. The van der Waals surface area contributed by atoms with Crippen LogP contribution in [-0.2, 0) is 9.59 Å². The van der Waals surface area contributed by atoms with Crippen molar-refractivity contribution in [2.75, 3.05) is 6.61 Å².